The van der Waals surface area contributed by atoms with Gasteiger partial charge in [0.1, 0.15) is 72.8 Å². The molecule has 5 heterocycles. The molecule has 9 N–H and O–H groups in total. The zero-order valence-corrected chi connectivity index (χ0v) is 43.7. The number of aliphatic hydroxyl groups excluding tert-OH is 8. The minimum atomic E-state index is -1.72. The van der Waals surface area contributed by atoms with Gasteiger partial charge in [0.05, 0.1) is 49.9 Å². The number of hydrogen-bond donors (Lipinski definition) is 9. The number of benzene rings is 2. The van der Waals surface area contributed by atoms with E-state index >= 15 is 0 Å². The predicted octanol–water partition coefficient (Wildman–Crippen LogP) is -0.510. The molecule has 5 aliphatic rings. The van der Waals surface area contributed by atoms with Gasteiger partial charge in [-0.05, 0) is 63.6 Å². The molecule has 0 radical (unpaired) electrons. The van der Waals surface area contributed by atoms with Crippen LogP contribution < -0.4 is 5.32 Å². The molecule has 0 spiro atoms. The Bertz CT molecular complexity index is 2380. The smallest absolute Gasteiger partial charge is 0.338 e. The minimum absolute atomic E-state index is 0.102. The summed E-state index contributed by atoms with van der Waals surface area (Å²) in [5, 5.41) is 99.1. The Kier molecular flexibility index (Phi) is 20.2. The van der Waals surface area contributed by atoms with Crippen LogP contribution in [0.1, 0.15) is 81.3 Å². The first-order valence-corrected chi connectivity index (χ1v) is 26.7. The number of likely N-dealkylation sites (tertiary alicyclic amines) is 1. The molecule has 24 heteroatoms. The molecule has 426 valence electrons. The zero-order chi connectivity index (χ0) is 55.1. The van der Waals surface area contributed by atoms with Crippen LogP contribution >= 0.6 is 0 Å². The van der Waals surface area contributed by atoms with Gasteiger partial charge in [0.15, 0.2) is 25.0 Å². The van der Waals surface area contributed by atoms with Crippen LogP contribution in [0.15, 0.2) is 60.8 Å². The van der Waals surface area contributed by atoms with Gasteiger partial charge in [-0.1, -0.05) is 73.9 Å². The number of nitrogens with zero attached hydrogens (tertiary/aromatic N) is 4. The Morgan fingerprint density at radius 3 is 2.19 bits per heavy atom. The minimum Gasteiger partial charge on any atom is -0.450 e. The zero-order valence-electron chi connectivity index (χ0n) is 43.7. The number of aryl methyl sites for hydroxylation is 1. The van der Waals surface area contributed by atoms with Gasteiger partial charge in [0.2, 0.25) is 5.91 Å². The van der Waals surface area contributed by atoms with E-state index in [1.165, 1.54) is 23.7 Å². The average molecular weight is 1090 g/mol. The number of esters is 1. The Morgan fingerprint density at radius 1 is 0.792 bits per heavy atom. The quantitative estimate of drug-likeness (QED) is 0.0479. The third-order valence-corrected chi connectivity index (χ3v) is 15.3. The lowest BCUT2D eigenvalue weighted by atomic mass is 9.75. The van der Waals surface area contributed by atoms with Crippen LogP contribution in [0.4, 0.5) is 0 Å². The highest BCUT2D eigenvalue weighted by Crippen LogP contribution is 2.41. The Labute approximate surface area is 446 Å². The van der Waals surface area contributed by atoms with Gasteiger partial charge in [-0.15, -0.1) is 5.10 Å². The Balaban J connectivity index is 1.02. The lowest BCUT2D eigenvalue weighted by Gasteiger charge is -2.49. The van der Waals surface area contributed by atoms with Gasteiger partial charge in [0.25, 0.3) is 5.91 Å². The second-order valence-corrected chi connectivity index (χ2v) is 20.6. The van der Waals surface area contributed by atoms with Gasteiger partial charge in [-0.25, -0.2) is 9.48 Å². The summed E-state index contributed by atoms with van der Waals surface area (Å²) < 4.78 is 51.0. The van der Waals surface area contributed by atoms with E-state index < -0.39 is 147 Å². The number of rotatable bonds is 21. The second-order valence-electron chi connectivity index (χ2n) is 20.6. The van der Waals surface area contributed by atoms with E-state index in [1.807, 2.05) is 45.0 Å². The highest BCUT2D eigenvalue weighted by molar-refractivity contribution is 5.89. The number of amides is 2. The maximum absolute atomic E-state index is 14.3. The molecule has 20 atom stereocenters. The van der Waals surface area contributed by atoms with Crippen molar-refractivity contribution in [2.24, 2.45) is 11.8 Å². The Morgan fingerprint density at radius 2 is 1.52 bits per heavy atom. The maximum atomic E-state index is 14.3. The fourth-order valence-corrected chi connectivity index (χ4v) is 10.7. The lowest BCUT2D eigenvalue weighted by molar-refractivity contribution is -0.349. The summed E-state index contributed by atoms with van der Waals surface area (Å²) in [4.78, 5) is 43.7. The van der Waals surface area contributed by atoms with Crippen LogP contribution in [0.2, 0.25) is 0 Å². The monoisotopic (exact) mass is 1090 g/mol. The van der Waals surface area contributed by atoms with Crippen LogP contribution in [0.5, 0.6) is 0 Å². The molecule has 4 aliphatic heterocycles. The maximum Gasteiger partial charge on any atom is 0.338 e. The molecular formula is C53H75N5O19. The molecule has 4 saturated heterocycles. The number of hydrogen-bond acceptors (Lipinski definition) is 21. The summed E-state index contributed by atoms with van der Waals surface area (Å²) in [5.74, 6) is -2.98. The van der Waals surface area contributed by atoms with Crippen molar-refractivity contribution in [3.05, 3.63) is 71.9 Å². The summed E-state index contributed by atoms with van der Waals surface area (Å²) >= 11 is 0. The largest absolute Gasteiger partial charge is 0.450 e. The van der Waals surface area contributed by atoms with E-state index in [0.29, 0.717) is 31.6 Å². The van der Waals surface area contributed by atoms with Crippen molar-refractivity contribution in [3.63, 3.8) is 0 Å². The molecule has 2 amide bonds. The first kappa shape index (κ1) is 58.5. The molecule has 8 rings (SSSR count). The third kappa shape index (κ3) is 13.4. The van der Waals surface area contributed by atoms with Crippen molar-refractivity contribution < 1.29 is 93.1 Å². The molecule has 9 unspecified atom stereocenters. The molecule has 1 aromatic heterocycles. The van der Waals surface area contributed by atoms with Crippen LogP contribution in [-0.2, 0) is 47.5 Å². The summed E-state index contributed by atoms with van der Waals surface area (Å²) in [6.07, 6.45) is -20.3. The van der Waals surface area contributed by atoms with E-state index in [9.17, 15) is 55.2 Å². The molecule has 1 saturated carbocycles. The van der Waals surface area contributed by atoms with E-state index in [1.54, 1.807) is 29.3 Å². The summed E-state index contributed by atoms with van der Waals surface area (Å²) in [6.45, 7) is 6.51. The van der Waals surface area contributed by atoms with E-state index in [2.05, 4.69) is 15.6 Å². The third-order valence-electron chi connectivity index (χ3n) is 15.3. The molecule has 0 bridgehead atoms. The SMILES string of the molecule is CCC[C@H](OC1C(OC(=O)c2ccccc2)[C@H](O[C@@H]2CC(C(=O)NCCO[C@H]3O[C@H](CO)[C@@H](O)C(n4cc(-c5cccc(C)c5)nn4)C3O)C[C@@H](CC)C2O[C@@H]2OC(C)[C@@H](O)[C@H](O)C2O)OC(CO)[C@@H]1O)C(=O)N1CCC1. The van der Waals surface area contributed by atoms with E-state index in [0.717, 1.165) is 17.5 Å². The summed E-state index contributed by atoms with van der Waals surface area (Å²) in [5.41, 5.74) is 2.38. The topological polar surface area (TPSA) is 333 Å². The standard InChI is InChI=1S/C53H75N5O19/c1-5-12-34(49(68)57-18-11-19-57)72-46-41(63)37(26-60)75-53(47(46)76-50(69)30-14-8-7-9-15-30)73-35-23-32(22-29(6-2)45(35)77-52-44(66)43(65)39(61)28(4)71-52)48(67)54-17-20-70-51-42(64)38(40(62)36(25-59)74-51)58-24-33(55-56-58)31-16-10-13-27(3)21-31/h7-10,13-16,21,24,28-29,32,34-47,51-53,59-66H,5-6,11-12,17-20,22-23,25-26H2,1-4H3,(H,54,67)/t28?,29-,32?,34+,35-,36-,37?,38?,39-,40-,41+,42?,43+,44?,45?,46?,47?,51+,52+,53-/m1/s1. The molecule has 3 aromatic rings. The second kappa shape index (κ2) is 26.6. The molecule has 1 aliphatic carbocycles. The number of aromatic nitrogens is 3. The van der Waals surface area contributed by atoms with E-state index in [4.69, 9.17) is 37.9 Å². The first-order chi connectivity index (χ1) is 37.0. The van der Waals surface area contributed by atoms with Gasteiger partial charge in [0, 0.05) is 31.1 Å². The highest BCUT2D eigenvalue weighted by atomic mass is 16.7. The van der Waals surface area contributed by atoms with Crippen LogP contribution in [-0.4, -0.2) is 222 Å². The van der Waals surface area contributed by atoms with Gasteiger partial charge in [-0.3, -0.25) is 9.59 Å². The van der Waals surface area contributed by atoms with Gasteiger partial charge in [-0.2, -0.15) is 0 Å². The highest BCUT2D eigenvalue weighted by Gasteiger charge is 2.54. The van der Waals surface area contributed by atoms with Crippen molar-refractivity contribution in [1.82, 2.24) is 25.2 Å². The Hall–Kier alpha value is -4.61. The van der Waals surface area contributed by atoms with Crippen molar-refractivity contribution in [2.75, 3.05) is 39.5 Å². The lowest BCUT2D eigenvalue weighted by Crippen LogP contribution is -2.64. The molecule has 5 fully saturated rings. The number of nitrogens with one attached hydrogen (secondary N) is 1. The first-order valence-electron chi connectivity index (χ1n) is 26.7. The van der Waals surface area contributed by atoms with Crippen LogP contribution in [0.3, 0.4) is 0 Å². The van der Waals surface area contributed by atoms with Crippen molar-refractivity contribution in [2.45, 2.75) is 177 Å². The number of aliphatic hydroxyl groups is 8. The fraction of sp³-hybridized carbons (Fsp3) is 0.679. The predicted molar refractivity (Wildman–Crippen MR) is 267 cm³/mol. The van der Waals surface area contributed by atoms with Crippen molar-refractivity contribution in [1.29, 1.82) is 0 Å². The van der Waals surface area contributed by atoms with Crippen molar-refractivity contribution >= 4 is 17.8 Å². The van der Waals surface area contributed by atoms with E-state index in [-0.39, 0.29) is 43.9 Å². The van der Waals surface area contributed by atoms with Crippen molar-refractivity contribution in [3.8, 4) is 11.3 Å². The van der Waals surface area contributed by atoms with Crippen LogP contribution in [0, 0.1) is 18.8 Å². The molecule has 2 aromatic carbocycles. The fourth-order valence-electron chi connectivity index (χ4n) is 10.7. The molecule has 24 nitrogen and oxygen atoms in total. The molecular weight excluding hydrogens is 1010 g/mol. The summed E-state index contributed by atoms with van der Waals surface area (Å²) in [7, 11) is 0. The number of ether oxygens (including phenoxy) is 8. The average Bonchev–Trinajstić information content (AvgIpc) is 3.90. The molecule has 77 heavy (non-hydrogen) atoms. The summed E-state index contributed by atoms with van der Waals surface area (Å²) in [6, 6.07) is 14.4. The normalized spacial score (nSPS) is 35.9. The van der Waals surface area contributed by atoms with Gasteiger partial charge < -0.3 is 89.0 Å². The van der Waals surface area contributed by atoms with Crippen LogP contribution in [0.25, 0.3) is 11.3 Å². The van der Waals surface area contributed by atoms with Gasteiger partial charge >= 0.3 is 5.97 Å². The number of carbonyl (C=O) groups excluding carboxylic acids is 3. The number of carbonyl (C=O) groups is 3.